The van der Waals surface area contributed by atoms with E-state index >= 15 is 0 Å². The van der Waals surface area contributed by atoms with Crippen molar-refractivity contribution in [3.63, 3.8) is 0 Å². The number of hydrogen-bond acceptors (Lipinski definition) is 4. The molecule has 0 bridgehead atoms. The summed E-state index contributed by atoms with van der Waals surface area (Å²) in [6.45, 7) is 2.89. The van der Waals surface area contributed by atoms with E-state index in [0.717, 1.165) is 23.6 Å². The Hall–Kier alpha value is -2.89. The molecule has 0 fully saturated rings. The molecule has 0 atom stereocenters. The zero-order valence-electron chi connectivity index (χ0n) is 14.6. The average Bonchev–Trinajstić information content (AvgIpc) is 3.11. The van der Waals surface area contributed by atoms with E-state index in [9.17, 15) is 4.79 Å². The van der Waals surface area contributed by atoms with Crippen LogP contribution in [0.25, 0.3) is 17.1 Å². The molecule has 0 aliphatic rings. The van der Waals surface area contributed by atoms with Gasteiger partial charge in [-0.15, -0.1) is 0 Å². The highest BCUT2D eigenvalue weighted by Crippen LogP contribution is 2.22. The van der Waals surface area contributed by atoms with Gasteiger partial charge in [0, 0.05) is 19.2 Å². The molecule has 2 heterocycles. The second kappa shape index (κ2) is 7.79. The Morgan fingerprint density at radius 3 is 2.80 bits per heavy atom. The number of aryl methyl sites for hydroxylation is 1. The number of rotatable bonds is 7. The third kappa shape index (κ3) is 3.96. The summed E-state index contributed by atoms with van der Waals surface area (Å²) in [5.41, 5.74) is 2.26. The summed E-state index contributed by atoms with van der Waals surface area (Å²) in [5, 5.41) is 8.71. The van der Waals surface area contributed by atoms with Crippen LogP contribution in [0.3, 0.4) is 0 Å². The van der Waals surface area contributed by atoms with Crippen LogP contribution >= 0.6 is 0 Å². The fourth-order valence-corrected chi connectivity index (χ4v) is 2.59. The Balaban J connectivity index is 1.87. The van der Waals surface area contributed by atoms with Gasteiger partial charge in [-0.2, -0.15) is 10.2 Å². The van der Waals surface area contributed by atoms with E-state index in [1.807, 2.05) is 30.3 Å². The Morgan fingerprint density at radius 2 is 2.00 bits per heavy atom. The molecule has 6 heteroatoms. The van der Waals surface area contributed by atoms with Crippen LogP contribution in [0.15, 0.2) is 53.5 Å². The molecule has 130 valence electrons. The van der Waals surface area contributed by atoms with Crippen molar-refractivity contribution < 1.29 is 4.74 Å². The minimum atomic E-state index is -0.141. The summed E-state index contributed by atoms with van der Waals surface area (Å²) in [6, 6.07) is 12.9. The molecule has 25 heavy (non-hydrogen) atoms. The predicted octanol–water partition coefficient (Wildman–Crippen LogP) is 3.20. The van der Waals surface area contributed by atoms with Gasteiger partial charge in [-0.25, -0.2) is 9.36 Å². The van der Waals surface area contributed by atoms with Gasteiger partial charge in [0.15, 0.2) is 0 Å². The molecule has 3 aromatic rings. The summed E-state index contributed by atoms with van der Waals surface area (Å²) < 4.78 is 8.94. The number of nitrogens with zero attached hydrogens (tertiary/aromatic N) is 4. The zero-order chi connectivity index (χ0) is 17.6. The SMILES string of the molecule is CCCCCOc1cccc(-n2nccc2-c2ccc(=O)n(C)n2)c1. The van der Waals surface area contributed by atoms with Crippen molar-refractivity contribution in [1.29, 1.82) is 0 Å². The van der Waals surface area contributed by atoms with E-state index < -0.39 is 0 Å². The molecule has 0 unspecified atom stereocenters. The highest BCUT2D eigenvalue weighted by atomic mass is 16.5. The molecule has 0 amide bonds. The second-order valence-corrected chi connectivity index (χ2v) is 5.86. The van der Waals surface area contributed by atoms with Crippen molar-refractivity contribution in [2.75, 3.05) is 6.61 Å². The number of hydrogen-bond donors (Lipinski definition) is 0. The normalized spacial score (nSPS) is 10.8. The van der Waals surface area contributed by atoms with Crippen LogP contribution in [-0.2, 0) is 7.05 Å². The van der Waals surface area contributed by atoms with Gasteiger partial charge in [-0.1, -0.05) is 25.8 Å². The molecule has 0 N–H and O–H groups in total. The van der Waals surface area contributed by atoms with Gasteiger partial charge in [0.1, 0.15) is 11.4 Å². The van der Waals surface area contributed by atoms with Crippen LogP contribution < -0.4 is 10.3 Å². The molecule has 0 saturated carbocycles. The third-order valence-electron chi connectivity index (χ3n) is 3.94. The van der Waals surface area contributed by atoms with E-state index in [0.29, 0.717) is 12.3 Å². The fourth-order valence-electron chi connectivity index (χ4n) is 2.59. The lowest BCUT2D eigenvalue weighted by atomic mass is 10.2. The lowest BCUT2D eigenvalue weighted by Gasteiger charge is -2.10. The van der Waals surface area contributed by atoms with E-state index in [4.69, 9.17) is 4.74 Å². The Bertz CT molecular complexity index is 898. The molecule has 3 rings (SSSR count). The maximum atomic E-state index is 11.5. The topological polar surface area (TPSA) is 61.9 Å². The van der Waals surface area contributed by atoms with Crippen LogP contribution in [0.5, 0.6) is 5.75 Å². The van der Waals surface area contributed by atoms with Gasteiger partial charge in [-0.3, -0.25) is 4.79 Å². The minimum Gasteiger partial charge on any atom is -0.494 e. The first-order chi connectivity index (χ1) is 12.2. The highest BCUT2D eigenvalue weighted by Gasteiger charge is 2.10. The van der Waals surface area contributed by atoms with Gasteiger partial charge in [0.2, 0.25) is 0 Å². The zero-order valence-corrected chi connectivity index (χ0v) is 14.6. The van der Waals surface area contributed by atoms with Crippen molar-refractivity contribution >= 4 is 0 Å². The molecule has 0 aliphatic heterocycles. The smallest absolute Gasteiger partial charge is 0.266 e. The van der Waals surface area contributed by atoms with E-state index in [2.05, 4.69) is 17.1 Å². The number of benzene rings is 1. The molecule has 1 aromatic carbocycles. The maximum Gasteiger partial charge on any atom is 0.266 e. The number of unbranched alkanes of at least 4 members (excludes halogenated alkanes) is 2. The quantitative estimate of drug-likeness (QED) is 0.621. The third-order valence-corrected chi connectivity index (χ3v) is 3.94. The lowest BCUT2D eigenvalue weighted by molar-refractivity contribution is 0.306. The Kier molecular flexibility index (Phi) is 5.28. The van der Waals surface area contributed by atoms with Crippen LogP contribution in [0.4, 0.5) is 0 Å². The van der Waals surface area contributed by atoms with E-state index in [-0.39, 0.29) is 5.56 Å². The summed E-state index contributed by atoms with van der Waals surface area (Å²) >= 11 is 0. The van der Waals surface area contributed by atoms with Crippen molar-refractivity contribution in [3.8, 4) is 22.8 Å². The maximum absolute atomic E-state index is 11.5. The van der Waals surface area contributed by atoms with Crippen molar-refractivity contribution in [2.45, 2.75) is 26.2 Å². The van der Waals surface area contributed by atoms with Gasteiger partial charge in [0.05, 0.1) is 24.2 Å². The number of ether oxygens (including phenoxy) is 1. The largest absolute Gasteiger partial charge is 0.494 e. The minimum absolute atomic E-state index is 0.141. The molecule has 0 saturated heterocycles. The van der Waals surface area contributed by atoms with E-state index in [1.165, 1.54) is 23.6 Å². The van der Waals surface area contributed by atoms with Gasteiger partial charge >= 0.3 is 0 Å². The molecule has 6 nitrogen and oxygen atoms in total. The van der Waals surface area contributed by atoms with Crippen LogP contribution in [-0.4, -0.2) is 26.2 Å². The predicted molar refractivity (Wildman–Crippen MR) is 97.1 cm³/mol. The van der Waals surface area contributed by atoms with E-state index in [1.54, 1.807) is 24.0 Å². The first kappa shape index (κ1) is 17.0. The molecule has 0 spiro atoms. The van der Waals surface area contributed by atoms with Crippen molar-refractivity contribution in [1.82, 2.24) is 19.6 Å². The standard InChI is InChI=1S/C19H22N4O2/c1-3-4-5-13-25-16-8-6-7-15(14-16)23-18(11-12-20-23)17-9-10-19(24)22(2)21-17/h6-12,14H,3-5,13H2,1-2H3. The second-order valence-electron chi connectivity index (χ2n) is 5.86. The average molecular weight is 338 g/mol. The Labute approximate surface area is 146 Å². The van der Waals surface area contributed by atoms with Crippen LogP contribution in [0.2, 0.25) is 0 Å². The van der Waals surface area contributed by atoms with Gasteiger partial charge in [0.25, 0.3) is 5.56 Å². The summed E-state index contributed by atoms with van der Waals surface area (Å²) in [6.07, 6.45) is 5.11. The molecular formula is C19H22N4O2. The van der Waals surface area contributed by atoms with Gasteiger partial charge in [-0.05, 0) is 30.7 Å². The Morgan fingerprint density at radius 1 is 1.12 bits per heavy atom. The van der Waals surface area contributed by atoms with Crippen LogP contribution in [0, 0.1) is 0 Å². The lowest BCUT2D eigenvalue weighted by Crippen LogP contribution is -2.18. The van der Waals surface area contributed by atoms with Crippen molar-refractivity contribution in [2.24, 2.45) is 7.05 Å². The molecular weight excluding hydrogens is 316 g/mol. The fraction of sp³-hybridized carbons (Fsp3) is 0.316. The first-order valence-corrected chi connectivity index (χ1v) is 8.51. The van der Waals surface area contributed by atoms with Crippen LogP contribution in [0.1, 0.15) is 26.2 Å². The summed E-state index contributed by atoms with van der Waals surface area (Å²) in [5.74, 6) is 0.823. The monoisotopic (exact) mass is 338 g/mol. The molecule has 0 aliphatic carbocycles. The first-order valence-electron chi connectivity index (χ1n) is 8.51. The van der Waals surface area contributed by atoms with Gasteiger partial charge < -0.3 is 4.74 Å². The molecule has 0 radical (unpaired) electrons. The highest BCUT2D eigenvalue weighted by molar-refractivity contribution is 5.57. The number of aromatic nitrogens is 4. The summed E-state index contributed by atoms with van der Waals surface area (Å²) in [4.78, 5) is 11.5. The summed E-state index contributed by atoms with van der Waals surface area (Å²) in [7, 11) is 1.64. The van der Waals surface area contributed by atoms with Crippen molar-refractivity contribution in [3.05, 3.63) is 59.0 Å². The molecule has 2 aromatic heterocycles.